The van der Waals surface area contributed by atoms with Gasteiger partial charge in [0.25, 0.3) is 0 Å². The minimum Gasteiger partial charge on any atom is -0.466 e. The number of ether oxygens (including phenoxy) is 1. The SMILES string of the molecule is CC(=O)OCCC[Si]12CO[Si]3(CC(C)C)O[Si]4(CC(C)C)O[Si](CC(C)C)(O1)O[Si]1(CC(C)C)O[Si](CC(C)C)(O2)O[Si](CC(C)C)(O3)O[Si](CC(C)C)(O4)O1. The third-order valence-corrected chi connectivity index (χ3v) is 49.3. The van der Waals surface area contributed by atoms with Gasteiger partial charge in [-0.15, -0.1) is 0 Å². The second kappa shape index (κ2) is 17.8. The molecule has 0 aromatic heterocycles. The molecule has 0 amide bonds. The number of hydrogen-bond acceptors (Lipinski definition) is 14. The Hall–Kier alpha value is 0.725. The molecule has 4 atom stereocenters. The van der Waals surface area contributed by atoms with Crippen LogP contribution >= 0.6 is 0 Å². The fourth-order valence-electron chi connectivity index (χ4n) is 8.58. The van der Waals surface area contributed by atoms with Crippen molar-refractivity contribution >= 4 is 76.2 Å². The lowest BCUT2D eigenvalue weighted by Crippen LogP contribution is -2.84. The van der Waals surface area contributed by atoms with Gasteiger partial charge in [-0.3, -0.25) is 4.79 Å². The van der Waals surface area contributed by atoms with Gasteiger partial charge in [0.05, 0.1) is 12.8 Å². The Morgan fingerprint density at radius 1 is 0.429 bits per heavy atom. The number of esters is 1. The zero-order valence-electron chi connectivity index (χ0n) is 37.0. The van der Waals surface area contributed by atoms with E-state index >= 15 is 0 Å². The zero-order chi connectivity index (χ0) is 41.6. The molecule has 6 heterocycles. The van der Waals surface area contributed by atoms with Crippen molar-refractivity contribution in [3.63, 3.8) is 0 Å². The van der Waals surface area contributed by atoms with Crippen LogP contribution in [-0.4, -0.2) is 89.0 Å². The van der Waals surface area contributed by atoms with E-state index in [0.29, 0.717) is 54.8 Å². The minimum absolute atomic E-state index is 0.0810. The van der Waals surface area contributed by atoms with Gasteiger partial charge in [0.2, 0.25) is 0 Å². The molecule has 0 aromatic rings. The Morgan fingerprint density at radius 2 is 0.679 bits per heavy atom. The van der Waals surface area contributed by atoms with Gasteiger partial charge < -0.3 is 54.4 Å². The summed E-state index contributed by atoms with van der Waals surface area (Å²) in [5.74, 6) is 0.370. The van der Waals surface area contributed by atoms with Gasteiger partial charge in [-0.2, -0.15) is 0 Å². The summed E-state index contributed by atoms with van der Waals surface area (Å²) in [4.78, 5) is 12.0. The standard InChI is InChI=1S/C34H74O14Si8/c1-27(2)19-50-37-26-49(18-16-17-36-34(15)35)38-51(20-28(3)4)42-53(40-50,22-30(7)8)46-56(25-33(13)14)47-54(41-50,23-31(9)10)43-52(39-49,21-29(5)6)45-55(44-51,48-56)24-32(11)12/h27-33H,16-26H2,1-15H3. The van der Waals surface area contributed by atoms with Crippen LogP contribution in [0.1, 0.15) is 110 Å². The molecule has 6 saturated heterocycles. The fourth-order valence-corrected chi connectivity index (χ4v) is 59.1. The molecule has 6 aliphatic rings. The molecule has 56 heavy (non-hydrogen) atoms. The molecular formula is C34H74O14Si8. The number of carbonyl (C=O) groups is 1. The van der Waals surface area contributed by atoms with E-state index in [-0.39, 0.29) is 60.2 Å². The summed E-state index contributed by atoms with van der Waals surface area (Å²) in [6.07, 6.45) is 0.553. The van der Waals surface area contributed by atoms with Crippen molar-refractivity contribution < 1.29 is 59.2 Å². The Balaban J connectivity index is 1.95. The van der Waals surface area contributed by atoms with Crippen molar-refractivity contribution in [1.82, 2.24) is 0 Å². The molecule has 0 saturated carbocycles. The highest BCUT2D eigenvalue weighted by molar-refractivity contribution is 7.02. The maximum absolute atomic E-state index is 12.0. The van der Waals surface area contributed by atoms with E-state index in [9.17, 15) is 4.79 Å². The maximum atomic E-state index is 12.0. The van der Waals surface area contributed by atoms with E-state index < -0.39 is 70.2 Å². The van der Waals surface area contributed by atoms with E-state index in [1.807, 2.05) is 0 Å². The van der Waals surface area contributed by atoms with Crippen LogP contribution < -0.4 is 0 Å². The highest BCUT2D eigenvalue weighted by atomic mass is 28.6. The van der Waals surface area contributed by atoms with E-state index in [1.165, 1.54) is 6.92 Å². The monoisotopic (exact) mass is 930 g/mol. The largest absolute Gasteiger partial charge is 0.486 e. The van der Waals surface area contributed by atoms with E-state index in [1.54, 1.807) is 0 Å². The van der Waals surface area contributed by atoms with Crippen molar-refractivity contribution in [2.75, 3.05) is 12.8 Å². The molecule has 8 bridgehead atoms. The Labute approximate surface area is 346 Å². The summed E-state index contributed by atoms with van der Waals surface area (Å²) in [6, 6.07) is 3.66. The number of fused-ring (bicyclic) bond motifs is 1. The van der Waals surface area contributed by atoms with Crippen LogP contribution in [-0.2, 0) is 59.2 Å². The molecule has 22 heteroatoms. The predicted molar refractivity (Wildman–Crippen MR) is 227 cm³/mol. The maximum Gasteiger partial charge on any atom is 0.486 e. The summed E-state index contributed by atoms with van der Waals surface area (Å²) < 4.78 is 98.5. The van der Waals surface area contributed by atoms with Crippen LogP contribution in [0.2, 0.25) is 48.4 Å². The summed E-state index contributed by atoms with van der Waals surface area (Å²) >= 11 is 0. The number of hydrogen-bond donors (Lipinski definition) is 0. The minimum atomic E-state index is -3.97. The van der Waals surface area contributed by atoms with Crippen LogP contribution in [0.3, 0.4) is 0 Å². The average molecular weight is 932 g/mol. The molecule has 0 spiro atoms. The fraction of sp³-hybridized carbons (Fsp3) is 0.971. The van der Waals surface area contributed by atoms with Gasteiger partial charge >= 0.3 is 76.2 Å². The van der Waals surface area contributed by atoms with Gasteiger partial charge in [-0.05, 0) is 53.9 Å². The number of carbonyl (C=O) groups excluding carboxylic acids is 1. The summed E-state index contributed by atoms with van der Waals surface area (Å²) in [5, 5.41) is 0. The third kappa shape index (κ3) is 11.6. The lowest BCUT2D eigenvalue weighted by molar-refractivity contribution is -0.141. The molecule has 14 nitrogen and oxygen atoms in total. The molecule has 326 valence electrons. The third-order valence-electron chi connectivity index (χ3n) is 9.61. The van der Waals surface area contributed by atoms with Crippen LogP contribution in [0.4, 0.5) is 0 Å². The highest BCUT2D eigenvalue weighted by Gasteiger charge is 2.81. The lowest BCUT2D eigenvalue weighted by atomic mass is 10.3. The summed E-state index contributed by atoms with van der Waals surface area (Å²) in [7, 11) is -31.3. The van der Waals surface area contributed by atoms with E-state index in [0.717, 1.165) is 0 Å². The van der Waals surface area contributed by atoms with Crippen molar-refractivity contribution in [3.05, 3.63) is 0 Å². The molecule has 0 aromatic carbocycles. The van der Waals surface area contributed by atoms with Gasteiger partial charge in [0.1, 0.15) is 0 Å². The molecule has 0 radical (unpaired) electrons. The molecule has 6 aliphatic heterocycles. The summed E-state index contributed by atoms with van der Waals surface area (Å²) in [5.41, 5.74) is 0. The van der Waals surface area contributed by atoms with Gasteiger partial charge in [-0.1, -0.05) is 96.9 Å². The van der Waals surface area contributed by atoms with Crippen molar-refractivity contribution in [2.45, 2.75) is 159 Å². The predicted octanol–water partition coefficient (Wildman–Crippen LogP) is 8.35. The number of rotatable bonds is 18. The normalized spacial score (nSPS) is 39.8. The van der Waals surface area contributed by atoms with Crippen LogP contribution in [0.15, 0.2) is 0 Å². The van der Waals surface area contributed by atoms with E-state index in [4.69, 9.17) is 54.4 Å². The first-order valence-electron chi connectivity index (χ1n) is 21.3. The molecule has 6 rings (SSSR count). The first-order valence-corrected chi connectivity index (χ1v) is 37.1. The van der Waals surface area contributed by atoms with Crippen LogP contribution in [0, 0.1) is 41.4 Å². The topological polar surface area (TPSA) is 137 Å². The second-order valence-electron chi connectivity index (χ2n) is 19.7. The van der Waals surface area contributed by atoms with Crippen molar-refractivity contribution in [2.24, 2.45) is 41.4 Å². The Kier molecular flexibility index (Phi) is 15.2. The van der Waals surface area contributed by atoms with Crippen LogP contribution in [0.5, 0.6) is 0 Å². The Morgan fingerprint density at radius 3 is 0.946 bits per heavy atom. The smallest absolute Gasteiger partial charge is 0.466 e. The molecule has 4 unspecified atom stereocenters. The average Bonchev–Trinajstić information content (AvgIpc) is 2.99. The van der Waals surface area contributed by atoms with E-state index in [2.05, 4.69) is 96.9 Å². The van der Waals surface area contributed by atoms with Gasteiger partial charge in [0, 0.05) is 49.2 Å². The van der Waals surface area contributed by atoms with Gasteiger partial charge in [0.15, 0.2) is 0 Å². The van der Waals surface area contributed by atoms with Crippen LogP contribution in [0.25, 0.3) is 0 Å². The first kappa shape index (κ1) is 47.8. The van der Waals surface area contributed by atoms with Crippen molar-refractivity contribution in [1.29, 1.82) is 0 Å². The quantitative estimate of drug-likeness (QED) is 0.0740. The molecule has 6 fully saturated rings. The molecule has 0 N–H and O–H groups in total. The second-order valence-corrected chi connectivity index (χ2v) is 44.0. The lowest BCUT2D eigenvalue weighted by Gasteiger charge is -2.60. The first-order chi connectivity index (χ1) is 25.8. The zero-order valence-corrected chi connectivity index (χ0v) is 45.0. The molecular weight excluding hydrogens is 857 g/mol. The Bertz CT molecular complexity index is 1300. The summed E-state index contributed by atoms with van der Waals surface area (Å²) in [6.45, 7) is 31.8. The molecule has 0 aliphatic carbocycles. The highest BCUT2D eigenvalue weighted by Crippen LogP contribution is 2.54. The van der Waals surface area contributed by atoms with Gasteiger partial charge in [-0.25, -0.2) is 0 Å². The van der Waals surface area contributed by atoms with Crippen molar-refractivity contribution in [3.8, 4) is 0 Å².